The fraction of sp³-hybridized carbons (Fsp3) is 0.0482. The Balaban J connectivity index is 0.000000137. The Morgan fingerprint density at radius 2 is 0.934 bits per heavy atom. The molecule has 0 radical (unpaired) electrons. The highest BCUT2D eigenvalue weighted by Crippen LogP contribution is 2.51. The van der Waals surface area contributed by atoms with Crippen molar-refractivity contribution in [3.05, 3.63) is 312 Å². The normalized spacial score (nSPS) is 14.3. The van der Waals surface area contributed by atoms with Crippen molar-refractivity contribution in [2.24, 2.45) is 4.99 Å². The number of carbonyl (C=O) groups excluding carboxylic acids is 2. The lowest BCUT2D eigenvalue weighted by atomic mass is 9.93. The second kappa shape index (κ2) is 20.9. The van der Waals surface area contributed by atoms with Gasteiger partial charge < -0.3 is 5.32 Å². The molecule has 91 heavy (non-hydrogen) atoms. The van der Waals surface area contributed by atoms with Gasteiger partial charge in [-0.05, 0) is 75.8 Å². The number of nitrogens with zero attached hydrogens (tertiary/aromatic N) is 5. The summed E-state index contributed by atoms with van der Waals surface area (Å²) in [7, 11) is 0. The van der Waals surface area contributed by atoms with E-state index >= 15 is 0 Å². The summed E-state index contributed by atoms with van der Waals surface area (Å²) in [5.41, 5.74) is 20.2. The predicted molar refractivity (Wildman–Crippen MR) is 374 cm³/mol. The second-order valence-electron chi connectivity index (χ2n) is 23.4. The van der Waals surface area contributed by atoms with E-state index in [4.69, 9.17) is 15.0 Å². The van der Waals surface area contributed by atoms with Crippen LogP contribution in [0.3, 0.4) is 0 Å². The van der Waals surface area contributed by atoms with Gasteiger partial charge in [0.15, 0.2) is 11.6 Å². The van der Waals surface area contributed by atoms with Crippen LogP contribution in [0, 0.1) is 0 Å². The van der Waals surface area contributed by atoms with Gasteiger partial charge in [0.2, 0.25) is 11.7 Å². The number of aliphatic imine (C=N–C) groups is 1. The molecule has 430 valence electrons. The minimum atomic E-state index is -0.883. The molecule has 8 heteroatoms. The average molecular weight is 1170 g/mol. The summed E-state index contributed by atoms with van der Waals surface area (Å²) in [5, 5.41) is 13.4. The fourth-order valence-electron chi connectivity index (χ4n) is 14.5. The summed E-state index contributed by atoms with van der Waals surface area (Å²) in [6.07, 6.45) is 0. The topological polar surface area (TPSA) is 94.2 Å². The smallest absolute Gasteiger partial charge is 0.235 e. The molecule has 0 bridgehead atoms. The summed E-state index contributed by atoms with van der Waals surface area (Å²) in [6.45, 7) is 6.14. The summed E-state index contributed by atoms with van der Waals surface area (Å²) in [6, 6.07) is 95.8. The van der Waals surface area contributed by atoms with E-state index in [1.165, 1.54) is 5.56 Å². The third kappa shape index (κ3) is 8.12. The molecule has 0 amide bonds. The number of fused-ring (bicyclic) bond motifs is 20. The van der Waals surface area contributed by atoms with Crippen LogP contribution in [0.4, 0.5) is 5.69 Å². The number of carbonyl (C=O) groups is 2. The maximum atomic E-state index is 14.2. The molecule has 1 N–H and O–H groups in total. The molecule has 0 saturated carbocycles. The van der Waals surface area contributed by atoms with Gasteiger partial charge in [-0.1, -0.05) is 263 Å². The Morgan fingerprint density at radius 1 is 0.374 bits per heavy atom. The number of rotatable bonds is 5. The van der Waals surface area contributed by atoms with Crippen LogP contribution in [0.1, 0.15) is 63.7 Å². The first-order chi connectivity index (χ1) is 44.9. The van der Waals surface area contributed by atoms with Crippen molar-refractivity contribution < 1.29 is 9.59 Å². The lowest BCUT2D eigenvalue weighted by molar-refractivity contribution is 0.103. The Labute approximate surface area is 524 Å². The zero-order valence-corrected chi connectivity index (χ0v) is 50.1. The van der Waals surface area contributed by atoms with Gasteiger partial charge in [-0.2, -0.15) is 0 Å². The molecule has 0 saturated heterocycles. The van der Waals surface area contributed by atoms with Crippen molar-refractivity contribution in [1.82, 2.24) is 19.1 Å². The number of hydrogen-bond acceptors (Lipinski definition) is 6. The molecular weight excluding hydrogens is 1110 g/mol. The number of para-hydroxylation sites is 3. The quantitative estimate of drug-likeness (QED) is 0.185. The first-order valence-corrected chi connectivity index (χ1v) is 31.1. The van der Waals surface area contributed by atoms with E-state index in [9.17, 15) is 9.59 Å². The summed E-state index contributed by atoms with van der Waals surface area (Å²) >= 11 is 0. The van der Waals surface area contributed by atoms with Gasteiger partial charge >= 0.3 is 0 Å². The van der Waals surface area contributed by atoms with Crippen LogP contribution in [0.2, 0.25) is 0 Å². The third-order valence-corrected chi connectivity index (χ3v) is 18.4. The molecule has 0 fully saturated rings. The van der Waals surface area contributed by atoms with E-state index < -0.39 is 5.79 Å². The standard InChI is InChI=1S/C43H25N3O.C38H25N3O.C2H6/c47-42-33-15-7-6-14-31(33)35-24-36-32-23-22-28-12-4-5-13-30(28)41(32)46(39(36)25-37(35)42)43-44-38-17-9-8-16-34(38)40(45-43)29-20-18-27(19-21-29)26-10-2-1-3-11-26;1-38(39-30-21-11-9-19-28(30)35(40-38)23-13-3-2-4-14-23)41-31-22-12-10-20-29(31)33-34-32(24-15-5-7-17-26(24)36(33)41)25-16-6-8-18-27(25)37(34)42;1-2/h1-25H;2-22,39H,1H3;1-2H3. The average Bonchev–Trinajstić information content (AvgIpc) is 1.57. The largest absolute Gasteiger partial charge is 0.344 e. The Morgan fingerprint density at radius 3 is 1.69 bits per heavy atom. The van der Waals surface area contributed by atoms with E-state index in [0.717, 1.165) is 154 Å². The molecule has 3 aromatic heterocycles. The highest BCUT2D eigenvalue weighted by molar-refractivity contribution is 6.37. The molecule has 2 aliphatic carbocycles. The van der Waals surface area contributed by atoms with E-state index in [-0.39, 0.29) is 11.6 Å². The van der Waals surface area contributed by atoms with Gasteiger partial charge in [-0.25, -0.2) is 15.0 Å². The minimum absolute atomic E-state index is 0.0535. The van der Waals surface area contributed by atoms with Crippen LogP contribution in [0.15, 0.2) is 284 Å². The van der Waals surface area contributed by atoms with Gasteiger partial charge in [-0.15, -0.1) is 0 Å². The molecule has 19 rings (SSSR count). The van der Waals surface area contributed by atoms with Gasteiger partial charge in [0, 0.05) is 87.9 Å². The molecular formula is C83H56N6O2. The third-order valence-electron chi connectivity index (χ3n) is 18.4. The molecule has 4 heterocycles. The number of hydrogen-bond donors (Lipinski definition) is 1. The first kappa shape index (κ1) is 53.4. The van der Waals surface area contributed by atoms with Gasteiger partial charge in [0.25, 0.3) is 0 Å². The van der Waals surface area contributed by atoms with E-state index in [2.05, 4.69) is 228 Å². The van der Waals surface area contributed by atoms with E-state index in [1.807, 2.05) is 86.6 Å². The zero-order chi connectivity index (χ0) is 61.1. The maximum Gasteiger partial charge on any atom is 0.235 e. The maximum absolute atomic E-state index is 14.2. The van der Waals surface area contributed by atoms with Crippen LogP contribution in [0.5, 0.6) is 0 Å². The molecule has 13 aromatic carbocycles. The van der Waals surface area contributed by atoms with Gasteiger partial charge in [0.1, 0.15) is 0 Å². The number of benzene rings is 13. The number of nitrogens with one attached hydrogen (secondary N) is 1. The van der Waals surface area contributed by atoms with Crippen molar-refractivity contribution in [3.8, 4) is 50.6 Å². The van der Waals surface area contributed by atoms with E-state index in [1.54, 1.807) is 0 Å². The molecule has 1 aliphatic heterocycles. The Bertz CT molecular complexity index is 5760. The number of anilines is 1. The first-order valence-electron chi connectivity index (χ1n) is 31.1. The number of aromatic nitrogens is 4. The molecule has 1 atom stereocenters. The predicted octanol–water partition coefficient (Wildman–Crippen LogP) is 20.2. The summed E-state index contributed by atoms with van der Waals surface area (Å²) in [5.74, 6) is -0.172. The molecule has 0 spiro atoms. The molecule has 1 unspecified atom stereocenters. The highest BCUT2D eigenvalue weighted by atomic mass is 16.1. The zero-order valence-electron chi connectivity index (χ0n) is 50.1. The van der Waals surface area contributed by atoms with Crippen molar-refractivity contribution >= 4 is 99.0 Å². The number of ketones is 2. The van der Waals surface area contributed by atoms with Crippen LogP contribution >= 0.6 is 0 Å². The highest BCUT2D eigenvalue weighted by Gasteiger charge is 2.39. The van der Waals surface area contributed by atoms with Crippen molar-refractivity contribution in [2.45, 2.75) is 26.6 Å². The van der Waals surface area contributed by atoms with Crippen LogP contribution < -0.4 is 5.32 Å². The van der Waals surface area contributed by atoms with Gasteiger partial charge in [-0.3, -0.25) is 18.7 Å². The molecule has 3 aliphatic rings. The van der Waals surface area contributed by atoms with Crippen molar-refractivity contribution in [2.75, 3.05) is 5.32 Å². The molecule has 16 aromatic rings. The lowest BCUT2D eigenvalue weighted by Gasteiger charge is -2.37. The monoisotopic (exact) mass is 1170 g/mol. The van der Waals surface area contributed by atoms with Crippen molar-refractivity contribution in [1.29, 1.82) is 0 Å². The second-order valence-corrected chi connectivity index (χ2v) is 23.4. The summed E-state index contributed by atoms with van der Waals surface area (Å²) in [4.78, 5) is 44.0. The summed E-state index contributed by atoms with van der Waals surface area (Å²) < 4.78 is 4.48. The molecule has 8 nitrogen and oxygen atoms in total. The Kier molecular flexibility index (Phi) is 12.3. The minimum Gasteiger partial charge on any atom is -0.344 e. The SMILES string of the molecule is CC.CC1(n2c3ccccc3c3c4c(c5ccccc5c32)-c2ccccc2C4=O)N=C(c2ccccc2)c2ccccc2N1.O=C1c2ccccc2-c2cc3c4ccc5ccccc5c4n(-c4nc(-c5ccc(-c6ccccc6)cc5)c5ccccc5n4)c3cc21. The Hall–Kier alpha value is -11.9. The van der Waals surface area contributed by atoms with Crippen LogP contribution in [-0.2, 0) is 5.79 Å². The van der Waals surface area contributed by atoms with Crippen molar-refractivity contribution in [3.63, 3.8) is 0 Å². The van der Waals surface area contributed by atoms with Gasteiger partial charge in [0.05, 0.1) is 39.0 Å². The fourth-order valence-corrected chi connectivity index (χ4v) is 14.5. The van der Waals surface area contributed by atoms with Crippen LogP contribution in [-0.4, -0.2) is 36.4 Å². The van der Waals surface area contributed by atoms with E-state index in [0.29, 0.717) is 11.5 Å². The van der Waals surface area contributed by atoms with Crippen LogP contribution in [0.25, 0.3) is 127 Å². The lowest BCUT2D eigenvalue weighted by Crippen LogP contribution is -2.41.